The minimum absolute atomic E-state index is 0.102. The lowest BCUT2D eigenvalue weighted by Crippen LogP contribution is -2.43. The summed E-state index contributed by atoms with van der Waals surface area (Å²) in [5, 5.41) is 6.47. The summed E-state index contributed by atoms with van der Waals surface area (Å²) < 4.78 is 5.35. The van der Waals surface area contributed by atoms with Gasteiger partial charge in [-0.1, -0.05) is 18.2 Å². The van der Waals surface area contributed by atoms with E-state index in [1.807, 2.05) is 43.0 Å². The first-order chi connectivity index (χ1) is 10.2. The molecular weight excluding hydrogens is 284 g/mol. The molecule has 1 aliphatic rings. The maximum Gasteiger partial charge on any atom is 0.221 e. The molecule has 1 fully saturated rings. The molecule has 1 saturated heterocycles. The van der Waals surface area contributed by atoms with Gasteiger partial charge in [0.25, 0.3) is 0 Å². The molecule has 2 atom stereocenters. The number of benzene rings is 1. The number of rotatable bonds is 6. The largest absolute Gasteiger partial charge is 0.496 e. The molecule has 1 aromatic carbocycles. The Morgan fingerprint density at radius 2 is 2.33 bits per heavy atom. The topological polar surface area (TPSA) is 50.4 Å². The lowest BCUT2D eigenvalue weighted by Gasteiger charge is -2.23. The fraction of sp³-hybridized carbons (Fsp3) is 0.562. The fourth-order valence-electron chi connectivity index (χ4n) is 2.56. The van der Waals surface area contributed by atoms with E-state index in [-0.39, 0.29) is 11.9 Å². The molecular formula is C16H24N2O2S. The van der Waals surface area contributed by atoms with E-state index < -0.39 is 0 Å². The van der Waals surface area contributed by atoms with Gasteiger partial charge in [-0.05, 0) is 25.0 Å². The molecule has 0 saturated carbocycles. The van der Waals surface area contributed by atoms with Crippen molar-refractivity contribution >= 4 is 17.7 Å². The van der Waals surface area contributed by atoms with Crippen LogP contribution in [0.15, 0.2) is 24.3 Å². The van der Waals surface area contributed by atoms with Crippen molar-refractivity contribution in [1.29, 1.82) is 0 Å². The van der Waals surface area contributed by atoms with E-state index in [9.17, 15) is 4.79 Å². The van der Waals surface area contributed by atoms with Gasteiger partial charge < -0.3 is 15.4 Å². The number of carbonyl (C=O) groups is 1. The number of thioether (sulfide) groups is 1. The van der Waals surface area contributed by atoms with Crippen LogP contribution in [-0.4, -0.2) is 43.2 Å². The molecule has 116 valence electrons. The van der Waals surface area contributed by atoms with E-state index in [2.05, 4.69) is 10.6 Å². The quantitative estimate of drug-likeness (QED) is 0.842. The SMILES string of the molecule is COc1ccccc1CC(C)NC(=O)CC1CSCCN1. The Morgan fingerprint density at radius 1 is 1.52 bits per heavy atom. The van der Waals surface area contributed by atoms with Crippen LogP contribution < -0.4 is 15.4 Å². The molecule has 2 rings (SSSR count). The number of amides is 1. The number of carbonyl (C=O) groups excluding carboxylic acids is 1. The first kappa shape index (κ1) is 16.2. The second-order valence-electron chi connectivity index (χ2n) is 5.41. The first-order valence-corrected chi connectivity index (χ1v) is 8.57. The van der Waals surface area contributed by atoms with Gasteiger partial charge in [0.15, 0.2) is 0 Å². The molecule has 0 bridgehead atoms. The summed E-state index contributed by atoms with van der Waals surface area (Å²) in [7, 11) is 1.68. The number of ether oxygens (including phenoxy) is 1. The smallest absolute Gasteiger partial charge is 0.221 e. The second kappa shape index (κ2) is 8.29. The van der Waals surface area contributed by atoms with E-state index in [1.165, 1.54) is 0 Å². The summed E-state index contributed by atoms with van der Waals surface area (Å²) in [6, 6.07) is 8.36. The Morgan fingerprint density at radius 3 is 3.05 bits per heavy atom. The lowest BCUT2D eigenvalue weighted by molar-refractivity contribution is -0.122. The van der Waals surface area contributed by atoms with E-state index in [0.29, 0.717) is 12.5 Å². The Balaban J connectivity index is 1.80. The average molecular weight is 308 g/mol. The van der Waals surface area contributed by atoms with Crippen LogP contribution in [0.25, 0.3) is 0 Å². The van der Waals surface area contributed by atoms with Crippen molar-refractivity contribution in [3.05, 3.63) is 29.8 Å². The summed E-state index contributed by atoms with van der Waals surface area (Å²) in [5.41, 5.74) is 1.12. The Kier molecular flexibility index (Phi) is 6.39. The van der Waals surface area contributed by atoms with Crippen molar-refractivity contribution in [3.8, 4) is 5.75 Å². The average Bonchev–Trinajstić information content (AvgIpc) is 2.48. The van der Waals surface area contributed by atoms with Crippen molar-refractivity contribution in [2.45, 2.75) is 31.8 Å². The molecule has 0 radical (unpaired) electrons. The number of methoxy groups -OCH3 is 1. The monoisotopic (exact) mass is 308 g/mol. The standard InChI is InChI=1S/C16H24N2O2S/c1-12(9-13-5-3-4-6-15(13)20-2)18-16(19)10-14-11-21-8-7-17-14/h3-6,12,14,17H,7-11H2,1-2H3,(H,18,19). The highest BCUT2D eigenvalue weighted by Crippen LogP contribution is 2.19. The summed E-state index contributed by atoms with van der Waals surface area (Å²) in [4.78, 5) is 12.1. The van der Waals surface area contributed by atoms with Gasteiger partial charge in [-0.3, -0.25) is 4.79 Å². The molecule has 1 aromatic rings. The van der Waals surface area contributed by atoms with Crippen molar-refractivity contribution in [2.75, 3.05) is 25.2 Å². The predicted molar refractivity (Wildman–Crippen MR) is 88.0 cm³/mol. The van der Waals surface area contributed by atoms with Crippen LogP contribution in [-0.2, 0) is 11.2 Å². The Hall–Kier alpha value is -1.20. The minimum atomic E-state index is 0.102. The van der Waals surface area contributed by atoms with Crippen LogP contribution in [0.3, 0.4) is 0 Å². The summed E-state index contributed by atoms with van der Waals surface area (Å²) >= 11 is 1.91. The van der Waals surface area contributed by atoms with E-state index >= 15 is 0 Å². The van der Waals surface area contributed by atoms with E-state index in [4.69, 9.17) is 4.74 Å². The van der Waals surface area contributed by atoms with E-state index in [0.717, 1.165) is 35.8 Å². The van der Waals surface area contributed by atoms with Gasteiger partial charge in [-0.25, -0.2) is 0 Å². The molecule has 1 aliphatic heterocycles. The lowest BCUT2D eigenvalue weighted by atomic mass is 10.1. The highest BCUT2D eigenvalue weighted by molar-refractivity contribution is 7.99. The fourth-order valence-corrected chi connectivity index (χ4v) is 3.51. The number of hydrogen-bond donors (Lipinski definition) is 2. The van der Waals surface area contributed by atoms with Crippen molar-refractivity contribution < 1.29 is 9.53 Å². The summed E-state index contributed by atoms with van der Waals surface area (Å²) in [6.45, 7) is 3.03. The first-order valence-electron chi connectivity index (χ1n) is 7.41. The molecule has 1 heterocycles. The van der Waals surface area contributed by atoms with Gasteiger partial charge in [0, 0.05) is 36.6 Å². The molecule has 0 aromatic heterocycles. The molecule has 5 heteroatoms. The second-order valence-corrected chi connectivity index (χ2v) is 6.56. The molecule has 0 aliphatic carbocycles. The molecule has 2 unspecified atom stereocenters. The zero-order valence-corrected chi connectivity index (χ0v) is 13.5. The van der Waals surface area contributed by atoms with Crippen LogP contribution in [0, 0.1) is 0 Å². The van der Waals surface area contributed by atoms with Crippen LogP contribution in [0.2, 0.25) is 0 Å². The van der Waals surface area contributed by atoms with Gasteiger partial charge in [-0.15, -0.1) is 0 Å². The Bertz CT molecular complexity index is 461. The maximum absolute atomic E-state index is 12.1. The highest BCUT2D eigenvalue weighted by atomic mass is 32.2. The number of hydrogen-bond acceptors (Lipinski definition) is 4. The zero-order valence-electron chi connectivity index (χ0n) is 12.7. The normalized spacial score (nSPS) is 19.8. The molecule has 0 spiro atoms. The molecule has 21 heavy (non-hydrogen) atoms. The van der Waals surface area contributed by atoms with Gasteiger partial charge in [0.1, 0.15) is 5.75 Å². The van der Waals surface area contributed by atoms with Gasteiger partial charge in [0.2, 0.25) is 5.91 Å². The van der Waals surface area contributed by atoms with Gasteiger partial charge in [0.05, 0.1) is 7.11 Å². The van der Waals surface area contributed by atoms with Crippen LogP contribution in [0.1, 0.15) is 18.9 Å². The Labute approximate surface area is 131 Å². The maximum atomic E-state index is 12.1. The summed E-state index contributed by atoms with van der Waals surface area (Å²) in [5.74, 6) is 3.16. The zero-order chi connectivity index (χ0) is 15.1. The third kappa shape index (κ3) is 5.25. The molecule has 1 amide bonds. The minimum Gasteiger partial charge on any atom is -0.496 e. The third-order valence-electron chi connectivity index (χ3n) is 3.56. The number of nitrogens with one attached hydrogen (secondary N) is 2. The third-order valence-corrected chi connectivity index (χ3v) is 4.69. The van der Waals surface area contributed by atoms with Crippen LogP contribution >= 0.6 is 11.8 Å². The predicted octanol–water partition coefficient (Wildman–Crippen LogP) is 1.84. The van der Waals surface area contributed by atoms with Crippen molar-refractivity contribution in [2.24, 2.45) is 0 Å². The summed E-state index contributed by atoms with van der Waals surface area (Å²) in [6.07, 6.45) is 1.34. The van der Waals surface area contributed by atoms with Gasteiger partial charge >= 0.3 is 0 Å². The number of para-hydroxylation sites is 1. The van der Waals surface area contributed by atoms with Crippen LogP contribution in [0.4, 0.5) is 0 Å². The molecule has 2 N–H and O–H groups in total. The van der Waals surface area contributed by atoms with E-state index in [1.54, 1.807) is 7.11 Å². The molecule has 4 nitrogen and oxygen atoms in total. The highest BCUT2D eigenvalue weighted by Gasteiger charge is 2.18. The van der Waals surface area contributed by atoms with Gasteiger partial charge in [-0.2, -0.15) is 11.8 Å². The van der Waals surface area contributed by atoms with Crippen molar-refractivity contribution in [3.63, 3.8) is 0 Å². The van der Waals surface area contributed by atoms with Crippen LogP contribution in [0.5, 0.6) is 5.75 Å². The van der Waals surface area contributed by atoms with Crippen molar-refractivity contribution in [1.82, 2.24) is 10.6 Å².